The second-order valence-electron chi connectivity index (χ2n) is 7.82. The zero-order valence-electron chi connectivity index (χ0n) is 20.0. The summed E-state index contributed by atoms with van der Waals surface area (Å²) < 4.78 is 0. The average molecular weight is 530 g/mol. The molecule has 1 aromatic heterocycles. The van der Waals surface area contributed by atoms with Crippen molar-refractivity contribution in [2.45, 2.75) is 49.9 Å². The Morgan fingerprint density at radius 3 is 2.28 bits per heavy atom. The van der Waals surface area contributed by atoms with Crippen LogP contribution in [0.5, 0.6) is 0 Å². The first-order valence-corrected chi connectivity index (χ1v) is 12.5. The number of nitrogens with two attached hydrogens (primary N) is 3. The number of aromatic amines is 1. The second-order valence-corrected chi connectivity index (χ2v) is 8.81. The molecule has 0 aliphatic rings. The lowest BCUT2D eigenvalue weighted by atomic mass is 10.1. The van der Waals surface area contributed by atoms with Gasteiger partial charge in [0, 0.05) is 24.9 Å². The van der Waals surface area contributed by atoms with Crippen molar-refractivity contribution >= 4 is 41.4 Å². The normalized spacial score (nSPS) is 14.1. The first kappa shape index (κ1) is 30.7. The number of nitrogens with one attached hydrogen (secondary N) is 4. The topological polar surface area (TPSA) is 264 Å². The number of guanidine groups is 1. The van der Waals surface area contributed by atoms with E-state index in [1.54, 1.807) is 6.26 Å². The molecule has 0 spiro atoms. The standard InChI is InChI=1S/C20H35N9O6S/c1-36-6-4-13(19(34)35)27-17(32)14(7-11-8-24-10-26-11)28-18(33)15(9-30)29-16(31)12(21)3-2-5-25-20(22)23/h8,10,12-15,30H,2-7,9,21H2,1H3,(H,24,26)(H,27,32)(H,28,33)(H,29,31)(H,34,35)(H4,22,23,25). The van der Waals surface area contributed by atoms with E-state index < -0.39 is 54.5 Å². The molecule has 12 N–H and O–H groups in total. The summed E-state index contributed by atoms with van der Waals surface area (Å²) in [5.74, 6) is -3.08. The van der Waals surface area contributed by atoms with E-state index in [1.165, 1.54) is 24.3 Å². The summed E-state index contributed by atoms with van der Waals surface area (Å²) >= 11 is 1.43. The average Bonchev–Trinajstić information content (AvgIpc) is 3.34. The van der Waals surface area contributed by atoms with Crippen LogP contribution in [0, 0.1) is 0 Å². The molecule has 0 saturated carbocycles. The lowest BCUT2D eigenvalue weighted by Gasteiger charge is -2.24. The highest BCUT2D eigenvalue weighted by molar-refractivity contribution is 7.98. The molecule has 3 amide bonds. The van der Waals surface area contributed by atoms with Crippen molar-refractivity contribution in [3.8, 4) is 0 Å². The maximum atomic E-state index is 12.9. The molecule has 0 bridgehead atoms. The molecular formula is C20H35N9O6S. The van der Waals surface area contributed by atoms with Gasteiger partial charge in [-0.1, -0.05) is 0 Å². The van der Waals surface area contributed by atoms with E-state index in [1.807, 2.05) is 0 Å². The molecule has 1 heterocycles. The summed E-state index contributed by atoms with van der Waals surface area (Å²) in [4.78, 5) is 60.1. The lowest BCUT2D eigenvalue weighted by Crippen LogP contribution is -2.58. The van der Waals surface area contributed by atoms with Crippen molar-refractivity contribution in [3.63, 3.8) is 0 Å². The fourth-order valence-electron chi connectivity index (χ4n) is 2.99. The first-order valence-electron chi connectivity index (χ1n) is 11.1. The number of aliphatic imine (C=N–C) groups is 1. The third-order valence-corrected chi connectivity index (χ3v) is 5.60. The summed E-state index contributed by atoms with van der Waals surface area (Å²) in [6.07, 6.45) is 5.42. The third kappa shape index (κ3) is 11.4. The van der Waals surface area contributed by atoms with Crippen molar-refractivity contribution in [3.05, 3.63) is 18.2 Å². The molecule has 0 aliphatic heterocycles. The third-order valence-electron chi connectivity index (χ3n) is 4.96. The predicted molar refractivity (Wildman–Crippen MR) is 134 cm³/mol. The van der Waals surface area contributed by atoms with Crippen molar-refractivity contribution in [1.82, 2.24) is 25.9 Å². The van der Waals surface area contributed by atoms with Gasteiger partial charge >= 0.3 is 5.97 Å². The number of rotatable bonds is 17. The molecule has 0 aliphatic carbocycles. The van der Waals surface area contributed by atoms with E-state index in [-0.39, 0.29) is 31.8 Å². The number of carbonyl (C=O) groups is 4. The molecule has 0 saturated heterocycles. The zero-order chi connectivity index (χ0) is 27.1. The Bertz CT molecular complexity index is 879. The van der Waals surface area contributed by atoms with Crippen LogP contribution in [0.15, 0.2) is 17.5 Å². The van der Waals surface area contributed by atoms with Crippen LogP contribution in [0.25, 0.3) is 0 Å². The van der Waals surface area contributed by atoms with Crippen LogP contribution in [0.3, 0.4) is 0 Å². The van der Waals surface area contributed by atoms with Crippen LogP contribution < -0.4 is 33.2 Å². The molecule has 36 heavy (non-hydrogen) atoms. The van der Waals surface area contributed by atoms with Gasteiger partial charge in [-0.2, -0.15) is 11.8 Å². The van der Waals surface area contributed by atoms with Crippen molar-refractivity contribution in [2.75, 3.05) is 25.2 Å². The van der Waals surface area contributed by atoms with Crippen LogP contribution in [-0.4, -0.2) is 99.2 Å². The van der Waals surface area contributed by atoms with Gasteiger partial charge in [-0.05, 0) is 31.3 Å². The number of carboxylic acid groups (broad SMARTS) is 1. The van der Waals surface area contributed by atoms with E-state index in [4.69, 9.17) is 17.2 Å². The number of aromatic nitrogens is 2. The van der Waals surface area contributed by atoms with Gasteiger partial charge in [-0.15, -0.1) is 0 Å². The number of carboxylic acids is 1. The molecule has 0 aromatic carbocycles. The van der Waals surface area contributed by atoms with Gasteiger partial charge in [0.2, 0.25) is 17.7 Å². The molecule has 15 nitrogen and oxygen atoms in total. The Kier molecular flexibility index (Phi) is 13.9. The number of aliphatic hydroxyl groups is 1. The molecule has 16 heteroatoms. The Hall–Kier alpha value is -3.37. The van der Waals surface area contributed by atoms with Crippen LogP contribution in [0.2, 0.25) is 0 Å². The molecule has 202 valence electrons. The maximum Gasteiger partial charge on any atom is 0.326 e. The molecule has 1 aromatic rings. The summed E-state index contributed by atoms with van der Waals surface area (Å²) in [5, 5.41) is 26.3. The van der Waals surface area contributed by atoms with E-state index >= 15 is 0 Å². The highest BCUT2D eigenvalue weighted by Crippen LogP contribution is 2.05. The SMILES string of the molecule is CSCCC(NC(=O)C(Cc1cnc[nH]1)NC(=O)C(CO)NC(=O)C(N)CCCN=C(N)N)C(=O)O. The van der Waals surface area contributed by atoms with Gasteiger partial charge in [-0.25, -0.2) is 9.78 Å². The van der Waals surface area contributed by atoms with Crippen molar-refractivity contribution in [2.24, 2.45) is 22.2 Å². The number of imidazole rings is 1. The fraction of sp³-hybridized carbons (Fsp3) is 0.600. The van der Waals surface area contributed by atoms with Gasteiger partial charge in [0.1, 0.15) is 18.1 Å². The number of hydrogen-bond donors (Lipinski definition) is 9. The van der Waals surface area contributed by atoms with E-state index in [0.717, 1.165) is 0 Å². The Labute approximate surface area is 212 Å². The number of H-pyrrole nitrogens is 1. The molecule has 1 rings (SSSR count). The number of nitrogens with zero attached hydrogens (tertiary/aromatic N) is 2. The minimum absolute atomic E-state index is 0.0388. The van der Waals surface area contributed by atoms with Gasteiger partial charge in [0.25, 0.3) is 0 Å². The number of hydrogen-bond acceptors (Lipinski definition) is 9. The molecule has 0 fully saturated rings. The minimum Gasteiger partial charge on any atom is -0.480 e. The van der Waals surface area contributed by atoms with Crippen LogP contribution in [0.4, 0.5) is 0 Å². The van der Waals surface area contributed by atoms with E-state index in [9.17, 15) is 29.4 Å². The zero-order valence-corrected chi connectivity index (χ0v) is 20.8. The Morgan fingerprint density at radius 2 is 1.72 bits per heavy atom. The van der Waals surface area contributed by atoms with Crippen LogP contribution in [0.1, 0.15) is 25.0 Å². The highest BCUT2D eigenvalue weighted by atomic mass is 32.2. The highest BCUT2D eigenvalue weighted by Gasteiger charge is 2.30. The number of amides is 3. The maximum absolute atomic E-state index is 12.9. The van der Waals surface area contributed by atoms with Crippen LogP contribution in [-0.2, 0) is 25.6 Å². The quantitative estimate of drug-likeness (QED) is 0.0545. The summed E-state index contributed by atoms with van der Waals surface area (Å²) in [6.45, 7) is -0.492. The first-order chi connectivity index (χ1) is 17.1. The number of carbonyl (C=O) groups excluding carboxylic acids is 3. The smallest absolute Gasteiger partial charge is 0.326 e. The summed E-state index contributed by atoms with van der Waals surface area (Å²) in [6, 6.07) is -4.76. The monoisotopic (exact) mass is 529 g/mol. The van der Waals surface area contributed by atoms with E-state index in [2.05, 4.69) is 30.9 Å². The van der Waals surface area contributed by atoms with Gasteiger partial charge in [0.05, 0.1) is 19.0 Å². The van der Waals surface area contributed by atoms with Crippen molar-refractivity contribution in [1.29, 1.82) is 0 Å². The minimum atomic E-state index is -1.40. The lowest BCUT2D eigenvalue weighted by molar-refractivity contribution is -0.142. The Morgan fingerprint density at radius 1 is 1.08 bits per heavy atom. The second kappa shape index (κ2) is 16.3. The number of aliphatic hydroxyl groups excluding tert-OH is 1. The molecule has 0 radical (unpaired) electrons. The van der Waals surface area contributed by atoms with Crippen LogP contribution >= 0.6 is 11.8 Å². The molecule has 4 atom stereocenters. The van der Waals surface area contributed by atoms with E-state index in [0.29, 0.717) is 17.9 Å². The Balaban J connectivity index is 2.84. The predicted octanol–water partition coefficient (Wildman–Crippen LogP) is -3.38. The summed E-state index contributed by atoms with van der Waals surface area (Å²) in [5.41, 5.74) is 16.8. The van der Waals surface area contributed by atoms with Gasteiger partial charge in [-0.3, -0.25) is 19.4 Å². The molecular weight excluding hydrogens is 494 g/mol. The van der Waals surface area contributed by atoms with Gasteiger partial charge < -0.3 is 48.3 Å². The summed E-state index contributed by atoms with van der Waals surface area (Å²) in [7, 11) is 0. The largest absolute Gasteiger partial charge is 0.480 e. The molecule has 4 unspecified atom stereocenters. The number of thioether (sulfide) groups is 1. The van der Waals surface area contributed by atoms with Crippen molar-refractivity contribution < 1.29 is 29.4 Å². The van der Waals surface area contributed by atoms with Gasteiger partial charge in [0.15, 0.2) is 5.96 Å². The fourth-order valence-corrected chi connectivity index (χ4v) is 3.46. The number of aliphatic carboxylic acids is 1.